The second-order valence-electron chi connectivity index (χ2n) is 4.71. The minimum absolute atomic E-state index is 0.0382. The highest BCUT2D eigenvalue weighted by atomic mass is 32.1. The number of hydrogen-bond donors (Lipinski definition) is 2. The Bertz CT molecular complexity index is 399. The molecule has 4 heteroatoms. The van der Waals surface area contributed by atoms with E-state index in [9.17, 15) is 4.79 Å². The Morgan fingerprint density at radius 3 is 2.94 bits per heavy atom. The van der Waals surface area contributed by atoms with Gasteiger partial charge in [-0.25, -0.2) is 0 Å². The Morgan fingerprint density at radius 2 is 2.25 bits per heavy atom. The van der Waals surface area contributed by atoms with E-state index in [1.165, 1.54) is 16.9 Å². The lowest BCUT2D eigenvalue weighted by Gasteiger charge is -2.31. The molecule has 1 aromatic rings. The minimum Gasteiger partial charge on any atom is -0.393 e. The number of aryl methyl sites for hydroxylation is 2. The largest absolute Gasteiger partial charge is 0.393 e. The molecule has 2 N–H and O–H groups in total. The summed E-state index contributed by atoms with van der Waals surface area (Å²) in [5.74, 6) is 0.0382. The molecule has 1 heterocycles. The van der Waals surface area contributed by atoms with Crippen molar-refractivity contribution in [1.29, 1.82) is 0 Å². The van der Waals surface area contributed by atoms with Gasteiger partial charge in [0.1, 0.15) is 0 Å². The molecule has 2 aliphatic rings. The smallest absolute Gasteiger partial charge is 0.261 e. The van der Waals surface area contributed by atoms with Gasteiger partial charge in [-0.3, -0.25) is 4.79 Å². The molecule has 1 aromatic heterocycles. The second-order valence-corrected chi connectivity index (χ2v) is 5.84. The number of hydrogen-bond acceptors (Lipinski definition) is 3. The fourth-order valence-electron chi connectivity index (χ4n) is 2.40. The van der Waals surface area contributed by atoms with E-state index in [0.29, 0.717) is 12.8 Å². The third-order valence-electron chi connectivity index (χ3n) is 3.42. The Morgan fingerprint density at radius 1 is 1.44 bits per heavy atom. The van der Waals surface area contributed by atoms with Crippen molar-refractivity contribution in [1.82, 2.24) is 5.32 Å². The first-order valence-corrected chi connectivity index (χ1v) is 6.64. The van der Waals surface area contributed by atoms with E-state index < -0.39 is 0 Å². The fraction of sp³-hybridized carbons (Fsp3) is 0.583. The van der Waals surface area contributed by atoms with Crippen LogP contribution in [0.5, 0.6) is 0 Å². The molecule has 2 aliphatic carbocycles. The van der Waals surface area contributed by atoms with E-state index in [2.05, 4.69) is 5.32 Å². The summed E-state index contributed by atoms with van der Waals surface area (Å²) in [6.45, 7) is 0. The summed E-state index contributed by atoms with van der Waals surface area (Å²) < 4.78 is 0. The molecule has 0 radical (unpaired) electrons. The van der Waals surface area contributed by atoms with Crippen molar-refractivity contribution in [2.45, 2.75) is 44.2 Å². The molecule has 0 unspecified atom stereocenters. The number of rotatable bonds is 2. The van der Waals surface area contributed by atoms with Gasteiger partial charge >= 0.3 is 0 Å². The van der Waals surface area contributed by atoms with Crippen molar-refractivity contribution >= 4 is 17.2 Å². The lowest BCUT2D eigenvalue weighted by Crippen LogP contribution is -2.46. The van der Waals surface area contributed by atoms with Crippen LogP contribution in [0.2, 0.25) is 0 Å². The topological polar surface area (TPSA) is 49.3 Å². The van der Waals surface area contributed by atoms with Crippen LogP contribution in [0, 0.1) is 0 Å². The summed E-state index contributed by atoms with van der Waals surface area (Å²) in [6, 6.07) is 2.22. The minimum atomic E-state index is -0.210. The molecule has 1 fully saturated rings. The Hall–Kier alpha value is -0.870. The molecule has 86 valence electrons. The van der Waals surface area contributed by atoms with Gasteiger partial charge < -0.3 is 10.4 Å². The van der Waals surface area contributed by atoms with Gasteiger partial charge in [-0.15, -0.1) is 11.3 Å². The number of carbonyl (C=O) groups is 1. The van der Waals surface area contributed by atoms with Crippen molar-refractivity contribution < 1.29 is 9.90 Å². The molecule has 0 atom stereocenters. The Kier molecular flexibility index (Phi) is 2.48. The van der Waals surface area contributed by atoms with Crippen LogP contribution in [-0.2, 0) is 12.8 Å². The van der Waals surface area contributed by atoms with Crippen molar-refractivity contribution in [3.63, 3.8) is 0 Å². The quantitative estimate of drug-likeness (QED) is 0.818. The molecule has 0 spiro atoms. The van der Waals surface area contributed by atoms with Crippen LogP contribution in [-0.4, -0.2) is 23.2 Å². The van der Waals surface area contributed by atoms with Crippen LogP contribution in [0.1, 0.15) is 39.4 Å². The average molecular weight is 237 g/mol. The average Bonchev–Trinajstić information content (AvgIpc) is 2.73. The van der Waals surface area contributed by atoms with Crippen LogP contribution in [0.25, 0.3) is 0 Å². The number of carbonyl (C=O) groups excluding carboxylic acids is 1. The molecule has 3 rings (SSSR count). The number of fused-ring (bicyclic) bond motifs is 1. The number of aliphatic hydroxyl groups excluding tert-OH is 1. The van der Waals surface area contributed by atoms with Crippen LogP contribution < -0.4 is 5.32 Å². The van der Waals surface area contributed by atoms with Gasteiger partial charge in [0.2, 0.25) is 0 Å². The summed E-state index contributed by atoms with van der Waals surface area (Å²) >= 11 is 1.63. The third kappa shape index (κ3) is 1.76. The zero-order chi connectivity index (χ0) is 11.1. The van der Waals surface area contributed by atoms with Gasteiger partial charge in [-0.2, -0.15) is 0 Å². The summed E-state index contributed by atoms with van der Waals surface area (Å²) in [5, 5.41) is 12.1. The predicted molar refractivity (Wildman–Crippen MR) is 62.8 cm³/mol. The van der Waals surface area contributed by atoms with Crippen molar-refractivity contribution in [2.75, 3.05) is 0 Å². The number of amides is 1. The highest BCUT2D eigenvalue weighted by molar-refractivity contribution is 7.14. The normalized spacial score (nSPS) is 27.3. The molecule has 3 nitrogen and oxygen atoms in total. The number of nitrogens with one attached hydrogen (secondary N) is 1. The summed E-state index contributed by atoms with van der Waals surface area (Å²) in [7, 11) is 0. The first kappa shape index (κ1) is 10.3. The monoisotopic (exact) mass is 237 g/mol. The van der Waals surface area contributed by atoms with Crippen molar-refractivity contribution in [3.8, 4) is 0 Å². The summed E-state index contributed by atoms with van der Waals surface area (Å²) in [5.41, 5.74) is 1.36. The molecule has 0 aromatic carbocycles. The Labute approximate surface area is 98.5 Å². The number of aliphatic hydroxyl groups is 1. The van der Waals surface area contributed by atoms with E-state index in [1.54, 1.807) is 11.3 Å². The number of thiophene rings is 1. The van der Waals surface area contributed by atoms with E-state index >= 15 is 0 Å². The molecule has 1 saturated carbocycles. The lowest BCUT2D eigenvalue weighted by molar-refractivity contribution is 0.0564. The zero-order valence-electron chi connectivity index (χ0n) is 9.03. The van der Waals surface area contributed by atoms with Gasteiger partial charge in [-0.05, 0) is 43.7 Å². The van der Waals surface area contributed by atoms with Gasteiger partial charge in [0.05, 0.1) is 11.0 Å². The van der Waals surface area contributed by atoms with Crippen LogP contribution in [0.3, 0.4) is 0 Å². The van der Waals surface area contributed by atoms with Gasteiger partial charge in [0.25, 0.3) is 5.91 Å². The van der Waals surface area contributed by atoms with Crippen LogP contribution in [0.15, 0.2) is 6.07 Å². The maximum absolute atomic E-state index is 11.9. The zero-order valence-corrected chi connectivity index (χ0v) is 9.85. The molecular formula is C12H15NO2S. The summed E-state index contributed by atoms with van der Waals surface area (Å²) in [4.78, 5) is 14.1. The molecule has 1 amide bonds. The van der Waals surface area contributed by atoms with Crippen LogP contribution in [0.4, 0.5) is 0 Å². The first-order valence-electron chi connectivity index (χ1n) is 5.83. The van der Waals surface area contributed by atoms with E-state index in [4.69, 9.17) is 5.11 Å². The van der Waals surface area contributed by atoms with Gasteiger partial charge in [0, 0.05) is 10.9 Å². The fourth-order valence-corrected chi connectivity index (χ4v) is 3.56. The molecule has 0 bridgehead atoms. The second kappa shape index (κ2) is 3.86. The first-order chi connectivity index (χ1) is 7.72. The highest BCUT2D eigenvalue weighted by Gasteiger charge is 2.29. The van der Waals surface area contributed by atoms with Crippen molar-refractivity contribution in [3.05, 3.63) is 21.4 Å². The lowest BCUT2D eigenvalue weighted by atomic mass is 9.89. The van der Waals surface area contributed by atoms with E-state index in [0.717, 1.165) is 17.7 Å². The van der Waals surface area contributed by atoms with Gasteiger partial charge in [-0.1, -0.05) is 0 Å². The molecule has 0 saturated heterocycles. The predicted octanol–water partition coefficient (Wildman–Crippen LogP) is 1.49. The highest BCUT2D eigenvalue weighted by Crippen LogP contribution is 2.31. The van der Waals surface area contributed by atoms with E-state index in [-0.39, 0.29) is 18.1 Å². The molecule has 0 aliphatic heterocycles. The molecule has 16 heavy (non-hydrogen) atoms. The van der Waals surface area contributed by atoms with Gasteiger partial charge in [0.15, 0.2) is 0 Å². The maximum Gasteiger partial charge on any atom is 0.261 e. The SMILES string of the molecule is O=C(NC1CC(O)C1)c1cc2c(s1)CCC2. The standard InChI is InChI=1S/C12H15NO2S/c14-9-5-8(6-9)13-12(15)11-4-7-2-1-3-10(7)16-11/h4,8-9,14H,1-3,5-6H2,(H,13,15). The third-order valence-corrected chi connectivity index (χ3v) is 4.65. The van der Waals surface area contributed by atoms with E-state index in [1.807, 2.05) is 6.07 Å². The Balaban J connectivity index is 1.65. The van der Waals surface area contributed by atoms with Crippen molar-refractivity contribution in [2.24, 2.45) is 0 Å². The maximum atomic E-state index is 11.9. The van der Waals surface area contributed by atoms with Crippen LogP contribution >= 0.6 is 11.3 Å². The molecular weight excluding hydrogens is 222 g/mol. The summed E-state index contributed by atoms with van der Waals surface area (Å²) in [6.07, 6.45) is 4.70.